The molecule has 88 valence electrons. The van der Waals surface area contributed by atoms with E-state index >= 15 is 0 Å². The van der Waals surface area contributed by atoms with Crippen LogP contribution in [-0.2, 0) is 6.54 Å². The molecule has 1 aromatic carbocycles. The Morgan fingerprint density at radius 1 is 1.29 bits per heavy atom. The normalized spacial score (nSPS) is 10.2. The van der Waals surface area contributed by atoms with Gasteiger partial charge in [-0.1, -0.05) is 6.07 Å². The third kappa shape index (κ3) is 2.68. The fourth-order valence-corrected chi connectivity index (χ4v) is 2.02. The molecular formula is C12H9F2NOS. The Bertz CT molecular complexity index is 525. The molecule has 1 amide bonds. The second kappa shape index (κ2) is 5.05. The van der Waals surface area contributed by atoms with Crippen LogP contribution in [0.4, 0.5) is 8.78 Å². The molecule has 0 unspecified atom stereocenters. The van der Waals surface area contributed by atoms with Crippen LogP contribution in [0.5, 0.6) is 0 Å². The zero-order chi connectivity index (χ0) is 12.3. The van der Waals surface area contributed by atoms with E-state index in [0.717, 1.165) is 11.6 Å². The Morgan fingerprint density at radius 3 is 2.82 bits per heavy atom. The van der Waals surface area contributed by atoms with Gasteiger partial charge in [0, 0.05) is 6.54 Å². The summed E-state index contributed by atoms with van der Waals surface area (Å²) >= 11 is 1.51. The summed E-state index contributed by atoms with van der Waals surface area (Å²) < 4.78 is 26.2. The second-order valence-electron chi connectivity index (χ2n) is 3.42. The van der Waals surface area contributed by atoms with E-state index in [9.17, 15) is 13.6 Å². The molecule has 2 rings (SSSR count). The summed E-state index contributed by atoms with van der Waals surface area (Å²) in [6.07, 6.45) is 0. The van der Waals surface area contributed by atoms with Crippen LogP contribution < -0.4 is 5.32 Å². The molecule has 0 radical (unpaired) electrons. The molecular weight excluding hydrogens is 244 g/mol. The Labute approximate surface area is 101 Å². The highest BCUT2D eigenvalue weighted by molar-refractivity contribution is 7.07. The highest BCUT2D eigenvalue weighted by Gasteiger charge is 2.14. The first kappa shape index (κ1) is 11.7. The van der Waals surface area contributed by atoms with Crippen LogP contribution in [-0.4, -0.2) is 5.91 Å². The average molecular weight is 253 g/mol. The number of nitrogens with one attached hydrogen (secondary N) is 1. The Kier molecular flexibility index (Phi) is 3.49. The van der Waals surface area contributed by atoms with Gasteiger partial charge in [-0.3, -0.25) is 4.79 Å². The van der Waals surface area contributed by atoms with Crippen molar-refractivity contribution in [2.45, 2.75) is 6.54 Å². The Balaban J connectivity index is 2.07. The van der Waals surface area contributed by atoms with Crippen molar-refractivity contribution in [2.75, 3.05) is 0 Å². The van der Waals surface area contributed by atoms with E-state index in [1.165, 1.54) is 23.5 Å². The summed E-state index contributed by atoms with van der Waals surface area (Å²) in [7, 11) is 0. The third-order valence-corrected chi connectivity index (χ3v) is 2.96. The molecule has 2 aromatic rings. The maximum absolute atomic E-state index is 13.3. The van der Waals surface area contributed by atoms with E-state index in [4.69, 9.17) is 0 Å². The summed E-state index contributed by atoms with van der Waals surface area (Å²) in [5.74, 6) is -2.75. The molecule has 0 atom stereocenters. The van der Waals surface area contributed by atoms with Crippen molar-refractivity contribution >= 4 is 17.2 Å². The molecule has 1 heterocycles. The number of carbonyl (C=O) groups is 1. The van der Waals surface area contributed by atoms with Gasteiger partial charge < -0.3 is 5.32 Å². The minimum Gasteiger partial charge on any atom is -0.348 e. The number of carbonyl (C=O) groups excluding carboxylic acids is 1. The molecule has 0 aliphatic rings. The average Bonchev–Trinajstić information content (AvgIpc) is 2.82. The summed E-state index contributed by atoms with van der Waals surface area (Å²) in [4.78, 5) is 11.6. The van der Waals surface area contributed by atoms with Crippen LogP contribution in [0.25, 0.3) is 0 Å². The van der Waals surface area contributed by atoms with Crippen LogP contribution in [0.2, 0.25) is 0 Å². The molecule has 0 saturated carbocycles. The van der Waals surface area contributed by atoms with Gasteiger partial charge in [0.15, 0.2) is 11.6 Å². The van der Waals surface area contributed by atoms with E-state index < -0.39 is 17.5 Å². The maximum atomic E-state index is 13.3. The van der Waals surface area contributed by atoms with Crippen molar-refractivity contribution in [1.82, 2.24) is 5.32 Å². The molecule has 1 aromatic heterocycles. The molecule has 0 bridgehead atoms. The van der Waals surface area contributed by atoms with Gasteiger partial charge in [0.25, 0.3) is 5.91 Å². The molecule has 0 saturated heterocycles. The van der Waals surface area contributed by atoms with Crippen molar-refractivity contribution < 1.29 is 13.6 Å². The lowest BCUT2D eigenvalue weighted by molar-refractivity contribution is 0.0946. The highest BCUT2D eigenvalue weighted by Crippen LogP contribution is 2.11. The topological polar surface area (TPSA) is 29.1 Å². The maximum Gasteiger partial charge on any atom is 0.254 e. The minimum absolute atomic E-state index is 0.278. The van der Waals surface area contributed by atoms with Crippen molar-refractivity contribution in [3.63, 3.8) is 0 Å². The van der Waals surface area contributed by atoms with Gasteiger partial charge in [-0.25, -0.2) is 8.78 Å². The van der Waals surface area contributed by atoms with E-state index in [1.807, 2.05) is 16.8 Å². The second-order valence-corrected chi connectivity index (χ2v) is 4.20. The quantitative estimate of drug-likeness (QED) is 0.895. The van der Waals surface area contributed by atoms with Crippen molar-refractivity contribution in [2.24, 2.45) is 0 Å². The molecule has 1 N–H and O–H groups in total. The first-order valence-corrected chi connectivity index (χ1v) is 5.86. The number of rotatable bonds is 3. The number of benzene rings is 1. The molecule has 2 nitrogen and oxygen atoms in total. The molecule has 17 heavy (non-hydrogen) atoms. The van der Waals surface area contributed by atoms with Gasteiger partial charge in [0.2, 0.25) is 0 Å². The lowest BCUT2D eigenvalue weighted by atomic mass is 10.2. The SMILES string of the molecule is O=C(NCc1ccsc1)c1cccc(F)c1F. The lowest BCUT2D eigenvalue weighted by Gasteiger charge is -2.05. The number of hydrogen-bond donors (Lipinski definition) is 1. The molecule has 0 spiro atoms. The summed E-state index contributed by atoms with van der Waals surface area (Å²) in [6, 6.07) is 5.39. The Morgan fingerprint density at radius 2 is 2.12 bits per heavy atom. The van der Waals surface area contributed by atoms with Crippen molar-refractivity contribution in [1.29, 1.82) is 0 Å². The first-order valence-electron chi connectivity index (χ1n) is 4.92. The fourth-order valence-electron chi connectivity index (χ4n) is 1.35. The zero-order valence-electron chi connectivity index (χ0n) is 8.74. The standard InChI is InChI=1S/C12H9F2NOS/c13-10-3-1-2-9(11(10)14)12(16)15-6-8-4-5-17-7-8/h1-5,7H,6H2,(H,15,16). The van der Waals surface area contributed by atoms with Crippen molar-refractivity contribution in [3.05, 3.63) is 57.8 Å². The van der Waals surface area contributed by atoms with E-state index in [1.54, 1.807) is 0 Å². The number of thiophene rings is 1. The van der Waals surface area contributed by atoms with E-state index in [-0.39, 0.29) is 5.56 Å². The smallest absolute Gasteiger partial charge is 0.254 e. The van der Waals surface area contributed by atoms with Gasteiger partial charge in [-0.2, -0.15) is 11.3 Å². The van der Waals surface area contributed by atoms with Crippen molar-refractivity contribution in [3.8, 4) is 0 Å². The van der Waals surface area contributed by atoms with E-state index in [2.05, 4.69) is 5.32 Å². The van der Waals surface area contributed by atoms with Gasteiger partial charge in [0.1, 0.15) is 0 Å². The van der Waals surface area contributed by atoms with Crippen LogP contribution in [0.1, 0.15) is 15.9 Å². The number of amides is 1. The predicted octanol–water partition coefficient (Wildman–Crippen LogP) is 2.96. The van der Waals surface area contributed by atoms with Gasteiger partial charge in [0.05, 0.1) is 5.56 Å². The van der Waals surface area contributed by atoms with Gasteiger partial charge in [-0.15, -0.1) is 0 Å². The summed E-state index contributed by atoms with van der Waals surface area (Å²) in [5.41, 5.74) is 0.653. The first-order chi connectivity index (χ1) is 8.18. The zero-order valence-corrected chi connectivity index (χ0v) is 9.56. The molecule has 5 heteroatoms. The largest absolute Gasteiger partial charge is 0.348 e. The summed E-state index contributed by atoms with van der Waals surface area (Å²) in [6.45, 7) is 0.304. The van der Waals surface area contributed by atoms with Crippen LogP contribution >= 0.6 is 11.3 Å². The lowest BCUT2D eigenvalue weighted by Crippen LogP contribution is -2.23. The molecule has 0 aliphatic heterocycles. The van der Waals surface area contributed by atoms with Crippen LogP contribution in [0, 0.1) is 11.6 Å². The third-order valence-electron chi connectivity index (χ3n) is 2.23. The number of halogens is 2. The predicted molar refractivity (Wildman–Crippen MR) is 61.8 cm³/mol. The Hall–Kier alpha value is -1.75. The van der Waals surface area contributed by atoms with Crippen LogP contribution in [0.15, 0.2) is 35.0 Å². The molecule has 0 aliphatic carbocycles. The molecule has 0 fully saturated rings. The van der Waals surface area contributed by atoms with Crippen LogP contribution in [0.3, 0.4) is 0 Å². The van der Waals surface area contributed by atoms with Gasteiger partial charge >= 0.3 is 0 Å². The van der Waals surface area contributed by atoms with E-state index in [0.29, 0.717) is 6.54 Å². The highest BCUT2D eigenvalue weighted by atomic mass is 32.1. The van der Waals surface area contributed by atoms with Gasteiger partial charge in [-0.05, 0) is 34.5 Å². The fraction of sp³-hybridized carbons (Fsp3) is 0.0833. The monoisotopic (exact) mass is 253 g/mol. The minimum atomic E-state index is -1.12. The number of hydrogen-bond acceptors (Lipinski definition) is 2. The summed E-state index contributed by atoms with van der Waals surface area (Å²) in [5, 5.41) is 6.29.